The SMILES string of the molecule is CC(c1ccc(S(N)(=O)=O)cc1)N(C)C(=O)C[C@@H]1CCC[C@H]1N.Cl. The smallest absolute Gasteiger partial charge is 0.238 e. The van der Waals surface area contributed by atoms with Gasteiger partial charge in [-0.05, 0) is 43.4 Å². The van der Waals surface area contributed by atoms with Crippen molar-refractivity contribution in [3.8, 4) is 0 Å². The highest BCUT2D eigenvalue weighted by molar-refractivity contribution is 7.89. The second-order valence-electron chi connectivity index (χ2n) is 6.35. The number of halogens is 1. The van der Waals surface area contributed by atoms with E-state index in [0.717, 1.165) is 24.8 Å². The first-order valence-corrected chi connectivity index (χ1v) is 9.38. The maximum atomic E-state index is 12.4. The van der Waals surface area contributed by atoms with Crippen molar-refractivity contribution in [2.24, 2.45) is 16.8 Å². The van der Waals surface area contributed by atoms with Crippen LogP contribution in [0.3, 0.4) is 0 Å². The van der Waals surface area contributed by atoms with Crippen LogP contribution in [0, 0.1) is 5.92 Å². The van der Waals surface area contributed by atoms with Crippen molar-refractivity contribution in [1.29, 1.82) is 0 Å². The zero-order chi connectivity index (χ0) is 17.2. The van der Waals surface area contributed by atoms with E-state index in [2.05, 4.69) is 0 Å². The molecule has 1 amide bonds. The normalized spacial score (nSPS) is 21.8. The summed E-state index contributed by atoms with van der Waals surface area (Å²) in [5, 5.41) is 5.09. The van der Waals surface area contributed by atoms with Crippen molar-refractivity contribution in [2.75, 3.05) is 7.05 Å². The van der Waals surface area contributed by atoms with Gasteiger partial charge in [0.25, 0.3) is 0 Å². The molecule has 0 bridgehead atoms. The van der Waals surface area contributed by atoms with Gasteiger partial charge in [0.05, 0.1) is 10.9 Å². The van der Waals surface area contributed by atoms with Crippen LogP contribution < -0.4 is 10.9 Å². The Morgan fingerprint density at radius 3 is 2.33 bits per heavy atom. The molecular formula is C16H26ClN3O3S. The van der Waals surface area contributed by atoms with E-state index in [1.807, 2.05) is 6.92 Å². The third kappa shape index (κ3) is 4.92. The second kappa shape index (κ2) is 8.29. The van der Waals surface area contributed by atoms with Crippen molar-refractivity contribution < 1.29 is 13.2 Å². The zero-order valence-corrected chi connectivity index (χ0v) is 15.6. The van der Waals surface area contributed by atoms with Crippen molar-refractivity contribution >= 4 is 28.3 Å². The number of primary sulfonamides is 1. The Labute approximate surface area is 150 Å². The van der Waals surface area contributed by atoms with Crippen LogP contribution >= 0.6 is 12.4 Å². The molecule has 6 nitrogen and oxygen atoms in total. The molecule has 0 radical (unpaired) electrons. The van der Waals surface area contributed by atoms with Crippen LogP contribution in [0.15, 0.2) is 29.2 Å². The third-order valence-corrected chi connectivity index (χ3v) is 5.75. The molecule has 1 aliphatic rings. The number of nitrogens with zero attached hydrogens (tertiary/aromatic N) is 1. The molecule has 1 unspecified atom stereocenters. The number of amides is 1. The van der Waals surface area contributed by atoms with E-state index in [-0.39, 0.29) is 41.2 Å². The topological polar surface area (TPSA) is 106 Å². The summed E-state index contributed by atoms with van der Waals surface area (Å²) in [6.45, 7) is 1.92. The maximum absolute atomic E-state index is 12.4. The van der Waals surface area contributed by atoms with Gasteiger partial charge in [0.2, 0.25) is 15.9 Å². The van der Waals surface area contributed by atoms with E-state index in [9.17, 15) is 13.2 Å². The van der Waals surface area contributed by atoms with Crippen molar-refractivity contribution in [2.45, 2.75) is 49.6 Å². The van der Waals surface area contributed by atoms with Gasteiger partial charge in [-0.15, -0.1) is 12.4 Å². The van der Waals surface area contributed by atoms with Gasteiger partial charge in [-0.25, -0.2) is 13.6 Å². The number of carbonyl (C=O) groups excluding carboxylic acids is 1. The zero-order valence-electron chi connectivity index (χ0n) is 14.0. The number of rotatable bonds is 5. The van der Waals surface area contributed by atoms with Crippen LogP contribution in [-0.4, -0.2) is 32.3 Å². The van der Waals surface area contributed by atoms with Crippen molar-refractivity contribution in [3.63, 3.8) is 0 Å². The Balaban J connectivity index is 0.00000288. The molecule has 24 heavy (non-hydrogen) atoms. The first-order valence-electron chi connectivity index (χ1n) is 7.84. The fourth-order valence-electron chi connectivity index (χ4n) is 3.06. The summed E-state index contributed by atoms with van der Waals surface area (Å²) in [7, 11) is -1.93. The van der Waals surface area contributed by atoms with Gasteiger partial charge < -0.3 is 10.6 Å². The molecule has 0 heterocycles. The molecule has 0 aliphatic heterocycles. The first kappa shape index (κ1) is 20.9. The number of nitrogens with two attached hydrogens (primary N) is 2. The molecule has 4 N–H and O–H groups in total. The van der Waals surface area contributed by atoms with E-state index in [1.54, 1.807) is 24.1 Å². The molecule has 2 rings (SSSR count). The second-order valence-corrected chi connectivity index (χ2v) is 7.92. The van der Waals surface area contributed by atoms with Gasteiger partial charge in [-0.2, -0.15) is 0 Å². The quantitative estimate of drug-likeness (QED) is 0.818. The molecule has 3 atom stereocenters. The molecule has 8 heteroatoms. The standard InChI is InChI=1S/C16H25N3O3S.ClH/c1-11(12-6-8-14(9-7-12)23(18,21)22)19(2)16(20)10-13-4-3-5-15(13)17;/h6-9,11,13,15H,3-5,10,17H2,1-2H3,(H2,18,21,22);1H/t11?,13-,15+;/m0./s1. The van der Waals surface area contributed by atoms with E-state index in [4.69, 9.17) is 10.9 Å². The lowest BCUT2D eigenvalue weighted by Gasteiger charge is -2.27. The number of carbonyl (C=O) groups is 1. The lowest BCUT2D eigenvalue weighted by molar-refractivity contribution is -0.132. The highest BCUT2D eigenvalue weighted by Crippen LogP contribution is 2.29. The minimum Gasteiger partial charge on any atom is -0.339 e. The monoisotopic (exact) mass is 375 g/mol. The molecule has 0 spiro atoms. The molecule has 1 saturated carbocycles. The summed E-state index contributed by atoms with van der Waals surface area (Å²) in [5.41, 5.74) is 6.90. The molecule has 1 aliphatic carbocycles. The Hall–Kier alpha value is -1.15. The number of hydrogen-bond acceptors (Lipinski definition) is 4. The van der Waals surface area contributed by atoms with Gasteiger partial charge in [-0.1, -0.05) is 18.6 Å². The van der Waals surface area contributed by atoms with Crippen LogP contribution in [0.2, 0.25) is 0 Å². The van der Waals surface area contributed by atoms with Crippen LogP contribution in [0.25, 0.3) is 0 Å². The van der Waals surface area contributed by atoms with Crippen LogP contribution in [0.5, 0.6) is 0 Å². The molecule has 1 aromatic carbocycles. The van der Waals surface area contributed by atoms with Gasteiger partial charge in [0.15, 0.2) is 0 Å². The third-order valence-electron chi connectivity index (χ3n) is 4.82. The molecule has 0 saturated heterocycles. The van der Waals surface area contributed by atoms with Crippen molar-refractivity contribution in [1.82, 2.24) is 4.90 Å². The average Bonchev–Trinajstić information content (AvgIpc) is 2.90. The minimum absolute atomic E-state index is 0. The Morgan fingerprint density at radius 1 is 1.29 bits per heavy atom. The number of sulfonamides is 1. The molecule has 1 aromatic rings. The first-order chi connectivity index (χ1) is 10.7. The number of benzene rings is 1. The molecule has 1 fully saturated rings. The van der Waals surface area contributed by atoms with Crippen LogP contribution in [-0.2, 0) is 14.8 Å². The van der Waals surface area contributed by atoms with E-state index < -0.39 is 10.0 Å². The summed E-state index contributed by atoms with van der Waals surface area (Å²) in [6.07, 6.45) is 3.56. The summed E-state index contributed by atoms with van der Waals surface area (Å²) in [6, 6.07) is 6.29. The predicted molar refractivity (Wildman–Crippen MR) is 96.2 cm³/mol. The fourth-order valence-corrected chi connectivity index (χ4v) is 3.58. The van der Waals surface area contributed by atoms with Crippen molar-refractivity contribution in [3.05, 3.63) is 29.8 Å². The molecule has 136 valence electrons. The van der Waals surface area contributed by atoms with Gasteiger partial charge in [0.1, 0.15) is 0 Å². The number of hydrogen-bond donors (Lipinski definition) is 2. The molecule has 0 aromatic heterocycles. The maximum Gasteiger partial charge on any atom is 0.238 e. The Kier molecular flexibility index (Phi) is 7.22. The summed E-state index contributed by atoms with van der Waals surface area (Å²) < 4.78 is 22.6. The predicted octanol–water partition coefficient (Wildman–Crippen LogP) is 1.79. The molecular weight excluding hydrogens is 350 g/mol. The van der Waals surface area contributed by atoms with Gasteiger partial charge >= 0.3 is 0 Å². The van der Waals surface area contributed by atoms with Crippen LogP contribution in [0.4, 0.5) is 0 Å². The minimum atomic E-state index is -3.70. The largest absolute Gasteiger partial charge is 0.339 e. The highest BCUT2D eigenvalue weighted by atomic mass is 35.5. The average molecular weight is 376 g/mol. The van der Waals surface area contributed by atoms with E-state index >= 15 is 0 Å². The Bertz CT molecular complexity index is 664. The van der Waals surface area contributed by atoms with Gasteiger partial charge in [0, 0.05) is 19.5 Å². The lowest BCUT2D eigenvalue weighted by atomic mass is 9.98. The summed E-state index contributed by atoms with van der Waals surface area (Å²) in [4.78, 5) is 14.2. The highest BCUT2D eigenvalue weighted by Gasteiger charge is 2.28. The van der Waals surface area contributed by atoms with E-state index in [0.29, 0.717) is 6.42 Å². The van der Waals surface area contributed by atoms with Crippen LogP contribution in [0.1, 0.15) is 44.2 Å². The lowest BCUT2D eigenvalue weighted by Crippen LogP contribution is -2.34. The Morgan fingerprint density at radius 2 is 1.88 bits per heavy atom. The fraction of sp³-hybridized carbons (Fsp3) is 0.562. The van der Waals surface area contributed by atoms with Gasteiger partial charge in [-0.3, -0.25) is 4.79 Å². The summed E-state index contributed by atoms with van der Waals surface area (Å²) >= 11 is 0. The van der Waals surface area contributed by atoms with E-state index in [1.165, 1.54) is 12.1 Å². The summed E-state index contributed by atoms with van der Waals surface area (Å²) in [5.74, 6) is 0.331.